The molecule has 3 rings (SSSR count). The summed E-state index contributed by atoms with van der Waals surface area (Å²) < 4.78 is 45.5. The highest BCUT2D eigenvalue weighted by atomic mass is 35.5. The lowest BCUT2D eigenvalue weighted by molar-refractivity contribution is 0.0728. The molecule has 1 atom stereocenters. The maximum atomic E-state index is 13.2. The van der Waals surface area contributed by atoms with Crippen molar-refractivity contribution in [3.63, 3.8) is 0 Å². The number of rotatable bonds is 5. The van der Waals surface area contributed by atoms with Crippen molar-refractivity contribution in [2.24, 2.45) is 0 Å². The van der Waals surface area contributed by atoms with Crippen LogP contribution >= 0.6 is 11.6 Å². The van der Waals surface area contributed by atoms with Crippen molar-refractivity contribution in [2.45, 2.75) is 17.9 Å². The van der Waals surface area contributed by atoms with Gasteiger partial charge in [0.25, 0.3) is 5.91 Å². The van der Waals surface area contributed by atoms with E-state index in [9.17, 15) is 17.6 Å². The average Bonchev–Trinajstić information content (AvgIpc) is 2.73. The molecule has 0 saturated carbocycles. The molecule has 6 nitrogen and oxygen atoms in total. The van der Waals surface area contributed by atoms with E-state index in [1.807, 2.05) is 0 Å². The highest BCUT2D eigenvalue weighted by molar-refractivity contribution is 7.89. The molecule has 9 heteroatoms. The zero-order valence-electron chi connectivity index (χ0n) is 16.1. The highest BCUT2D eigenvalue weighted by Gasteiger charge is 2.29. The molecule has 1 saturated heterocycles. The molecule has 0 aromatic heterocycles. The molecule has 1 unspecified atom stereocenters. The molecule has 1 aliphatic heterocycles. The predicted molar refractivity (Wildman–Crippen MR) is 108 cm³/mol. The molecule has 0 bridgehead atoms. The van der Waals surface area contributed by atoms with Crippen LogP contribution < -0.4 is 0 Å². The number of benzene rings is 2. The van der Waals surface area contributed by atoms with E-state index in [0.717, 1.165) is 5.56 Å². The number of sulfonamides is 1. The Bertz CT molecular complexity index is 992. The summed E-state index contributed by atoms with van der Waals surface area (Å²) in [4.78, 5) is 14.5. The van der Waals surface area contributed by atoms with Gasteiger partial charge in [-0.3, -0.25) is 4.79 Å². The first-order valence-electron chi connectivity index (χ1n) is 9.12. The summed E-state index contributed by atoms with van der Waals surface area (Å²) in [5.41, 5.74) is 0.841. The van der Waals surface area contributed by atoms with Gasteiger partial charge in [0.15, 0.2) is 0 Å². The molecule has 0 radical (unpaired) electrons. The van der Waals surface area contributed by atoms with Crippen LogP contribution in [0.15, 0.2) is 47.4 Å². The van der Waals surface area contributed by atoms with Gasteiger partial charge in [-0.2, -0.15) is 4.31 Å². The maximum Gasteiger partial charge on any atom is 0.255 e. The summed E-state index contributed by atoms with van der Waals surface area (Å²) in [6.07, 6.45) is 0. The molecule has 156 valence electrons. The summed E-state index contributed by atoms with van der Waals surface area (Å²) >= 11 is 6.22. The normalized spacial score (nSPS) is 16.4. The van der Waals surface area contributed by atoms with Gasteiger partial charge in [-0.1, -0.05) is 23.7 Å². The minimum Gasteiger partial charge on any atom is -0.379 e. The SMILES string of the molecule is CC(c1ccc(F)cc1)N(C)C(=O)c1cc(S(=O)(=O)N2CCOCC2)ccc1Cl. The van der Waals surface area contributed by atoms with Crippen molar-refractivity contribution in [3.8, 4) is 0 Å². The minimum absolute atomic E-state index is 0.00925. The van der Waals surface area contributed by atoms with E-state index < -0.39 is 15.9 Å². The number of hydrogen-bond acceptors (Lipinski definition) is 4. The van der Waals surface area contributed by atoms with Gasteiger partial charge in [-0.25, -0.2) is 12.8 Å². The molecule has 0 N–H and O–H groups in total. The number of hydrogen-bond donors (Lipinski definition) is 0. The van der Waals surface area contributed by atoms with Gasteiger partial charge in [0, 0.05) is 20.1 Å². The van der Waals surface area contributed by atoms with Crippen molar-refractivity contribution in [2.75, 3.05) is 33.4 Å². The Balaban J connectivity index is 1.88. The van der Waals surface area contributed by atoms with Crippen molar-refractivity contribution in [1.82, 2.24) is 9.21 Å². The second-order valence-corrected chi connectivity index (χ2v) is 9.15. The third kappa shape index (κ3) is 4.61. The Morgan fingerprint density at radius 3 is 2.41 bits per heavy atom. The molecule has 1 fully saturated rings. The number of halogens is 2. The van der Waals surface area contributed by atoms with Crippen LogP contribution in [0.5, 0.6) is 0 Å². The molecule has 29 heavy (non-hydrogen) atoms. The zero-order chi connectivity index (χ0) is 21.2. The van der Waals surface area contributed by atoms with Crippen molar-refractivity contribution in [1.29, 1.82) is 0 Å². The zero-order valence-corrected chi connectivity index (χ0v) is 17.7. The monoisotopic (exact) mass is 440 g/mol. The first-order chi connectivity index (χ1) is 13.7. The number of carbonyl (C=O) groups excluding carboxylic acids is 1. The van der Waals surface area contributed by atoms with Crippen molar-refractivity contribution in [3.05, 3.63) is 64.4 Å². The smallest absolute Gasteiger partial charge is 0.255 e. The topological polar surface area (TPSA) is 66.9 Å². The van der Waals surface area contributed by atoms with E-state index >= 15 is 0 Å². The largest absolute Gasteiger partial charge is 0.379 e. The van der Waals surface area contributed by atoms with Crippen molar-refractivity contribution < 1.29 is 22.3 Å². The molecular weight excluding hydrogens is 419 g/mol. The lowest BCUT2D eigenvalue weighted by Gasteiger charge is -2.27. The first-order valence-corrected chi connectivity index (χ1v) is 10.9. The molecular formula is C20H22ClFN2O4S. The predicted octanol–water partition coefficient (Wildman–Crippen LogP) is 3.33. The Hall–Kier alpha value is -2.00. The molecule has 1 aliphatic rings. The highest BCUT2D eigenvalue weighted by Crippen LogP contribution is 2.27. The van der Waals surface area contributed by atoms with E-state index in [2.05, 4.69) is 0 Å². The summed E-state index contributed by atoms with van der Waals surface area (Å²) in [5, 5.41) is 0.161. The van der Waals surface area contributed by atoms with Gasteiger partial charge in [-0.05, 0) is 42.8 Å². The molecule has 2 aromatic rings. The van der Waals surface area contributed by atoms with Crippen LogP contribution in [0.4, 0.5) is 4.39 Å². The van der Waals surface area contributed by atoms with Gasteiger partial charge < -0.3 is 9.64 Å². The van der Waals surface area contributed by atoms with Gasteiger partial charge in [0.1, 0.15) is 5.82 Å². The minimum atomic E-state index is -3.76. The lowest BCUT2D eigenvalue weighted by atomic mass is 10.1. The van der Waals surface area contributed by atoms with Gasteiger partial charge in [0.2, 0.25) is 10.0 Å². The van der Waals surface area contributed by atoms with Gasteiger partial charge >= 0.3 is 0 Å². The molecule has 1 amide bonds. The summed E-state index contributed by atoms with van der Waals surface area (Å²) in [6.45, 7) is 2.98. The fraction of sp³-hybridized carbons (Fsp3) is 0.350. The standard InChI is InChI=1S/C20H22ClFN2O4S/c1-14(15-3-5-16(22)6-4-15)23(2)20(25)18-13-17(7-8-19(18)21)29(26,27)24-9-11-28-12-10-24/h3-8,13-14H,9-12H2,1-2H3. The Morgan fingerprint density at radius 1 is 1.17 bits per heavy atom. The number of nitrogens with zero attached hydrogens (tertiary/aromatic N) is 2. The van der Waals surface area contributed by atoms with Gasteiger partial charge in [0.05, 0.1) is 34.7 Å². The fourth-order valence-corrected chi connectivity index (χ4v) is 4.73. The number of carbonyl (C=O) groups is 1. The van der Waals surface area contributed by atoms with E-state index in [0.29, 0.717) is 13.2 Å². The summed E-state index contributed by atoms with van der Waals surface area (Å²) in [6, 6.07) is 9.61. The number of morpholine rings is 1. The second-order valence-electron chi connectivity index (χ2n) is 6.80. The summed E-state index contributed by atoms with van der Waals surface area (Å²) in [5.74, 6) is -0.787. The van der Waals surface area contributed by atoms with Crippen LogP contribution in [-0.2, 0) is 14.8 Å². The van der Waals surface area contributed by atoms with E-state index in [-0.39, 0.29) is 40.4 Å². The maximum absolute atomic E-state index is 13.2. The van der Waals surface area contributed by atoms with Crippen LogP contribution in [0, 0.1) is 5.82 Å². The van der Waals surface area contributed by atoms with Crippen LogP contribution in [-0.4, -0.2) is 56.9 Å². The van der Waals surface area contributed by atoms with Crippen LogP contribution in [0.1, 0.15) is 28.9 Å². The average molecular weight is 441 g/mol. The fourth-order valence-electron chi connectivity index (χ4n) is 3.10. The van der Waals surface area contributed by atoms with E-state index in [4.69, 9.17) is 16.3 Å². The van der Waals surface area contributed by atoms with E-state index in [1.54, 1.807) is 26.1 Å². The van der Waals surface area contributed by atoms with Crippen LogP contribution in [0.25, 0.3) is 0 Å². The van der Waals surface area contributed by atoms with Crippen molar-refractivity contribution >= 4 is 27.5 Å². The van der Waals surface area contributed by atoms with Crippen LogP contribution in [0.2, 0.25) is 5.02 Å². The summed E-state index contributed by atoms with van der Waals surface area (Å²) in [7, 11) is -2.16. The Morgan fingerprint density at radius 2 is 1.79 bits per heavy atom. The first kappa shape index (κ1) is 21.7. The molecule has 0 aliphatic carbocycles. The van der Waals surface area contributed by atoms with E-state index in [1.165, 1.54) is 39.5 Å². The molecule has 0 spiro atoms. The Labute approximate surface area is 174 Å². The number of amides is 1. The molecule has 2 aromatic carbocycles. The number of ether oxygens (including phenoxy) is 1. The Kier molecular flexibility index (Phi) is 6.58. The third-order valence-corrected chi connectivity index (χ3v) is 7.25. The van der Waals surface area contributed by atoms with Crippen LogP contribution in [0.3, 0.4) is 0 Å². The lowest BCUT2D eigenvalue weighted by Crippen LogP contribution is -2.40. The quantitative estimate of drug-likeness (QED) is 0.715. The van der Waals surface area contributed by atoms with Gasteiger partial charge in [-0.15, -0.1) is 0 Å². The second kappa shape index (κ2) is 8.79. The third-order valence-electron chi connectivity index (χ3n) is 5.03. The molecule has 1 heterocycles.